The number of nitrogens with one attached hydrogen (secondary N) is 1. The predicted octanol–water partition coefficient (Wildman–Crippen LogP) is 5.35. The molecule has 164 valence electrons. The molecule has 6 nitrogen and oxygen atoms in total. The molecule has 0 bridgehead atoms. The molecular formula is C22H17ClF3N5O. The molecule has 1 N–H and O–H groups in total. The van der Waals surface area contributed by atoms with E-state index in [1.165, 1.54) is 24.3 Å². The molecule has 0 radical (unpaired) electrons. The maximum atomic E-state index is 13.8. The molecule has 2 aromatic carbocycles. The third kappa shape index (κ3) is 4.52. The normalized spacial score (nSPS) is 11.5. The molecule has 10 heteroatoms. The molecule has 4 aromatic rings. The average molecular weight is 460 g/mol. The minimum Gasteiger partial charge on any atom is -0.331 e. The van der Waals surface area contributed by atoms with E-state index < -0.39 is 23.3 Å². The molecule has 0 saturated carbocycles. The summed E-state index contributed by atoms with van der Waals surface area (Å²) in [6.07, 6.45) is -0.341. The van der Waals surface area contributed by atoms with Crippen LogP contribution < -0.4 is 5.32 Å². The van der Waals surface area contributed by atoms with Crippen LogP contribution in [0.5, 0.6) is 0 Å². The summed E-state index contributed by atoms with van der Waals surface area (Å²) in [6, 6.07) is 12.5. The lowest BCUT2D eigenvalue weighted by atomic mass is 10.1. The quantitative estimate of drug-likeness (QED) is 0.437. The molecule has 32 heavy (non-hydrogen) atoms. The number of anilines is 1. The maximum Gasteiger partial charge on any atom is 0.434 e. The number of hydrogen-bond acceptors (Lipinski definition) is 3. The van der Waals surface area contributed by atoms with E-state index in [0.717, 1.165) is 17.6 Å². The van der Waals surface area contributed by atoms with Gasteiger partial charge in [0, 0.05) is 29.6 Å². The molecule has 0 aliphatic carbocycles. The molecule has 0 fully saturated rings. The summed E-state index contributed by atoms with van der Waals surface area (Å²) < 4.78 is 44.0. The van der Waals surface area contributed by atoms with Gasteiger partial charge in [-0.05, 0) is 48.9 Å². The zero-order valence-corrected chi connectivity index (χ0v) is 17.5. The third-order valence-electron chi connectivity index (χ3n) is 4.84. The Morgan fingerprint density at radius 2 is 1.78 bits per heavy atom. The number of aryl methyl sites for hydroxylation is 1. The number of benzene rings is 2. The van der Waals surface area contributed by atoms with Gasteiger partial charge in [0.15, 0.2) is 5.69 Å². The van der Waals surface area contributed by atoms with Crippen molar-refractivity contribution in [2.24, 2.45) is 0 Å². The lowest BCUT2D eigenvalue weighted by molar-refractivity contribution is -0.143. The smallest absolute Gasteiger partial charge is 0.331 e. The standard InChI is InChI=1S/C22H17ClF3N5O/c1-14-27-10-11-30(14)13-15-2-6-17(7-3-15)29-21(32)19-12-28-31(20(19)22(24,25)26)18-8-4-16(23)5-9-18/h2-12H,13H2,1H3,(H,29,32). The van der Waals surface area contributed by atoms with E-state index in [0.29, 0.717) is 21.9 Å². The first-order chi connectivity index (χ1) is 15.2. The van der Waals surface area contributed by atoms with Crippen LogP contribution in [0.25, 0.3) is 5.69 Å². The highest BCUT2D eigenvalue weighted by atomic mass is 35.5. The lowest BCUT2D eigenvalue weighted by Crippen LogP contribution is -2.20. The Hall–Kier alpha value is -3.59. The van der Waals surface area contributed by atoms with Gasteiger partial charge in [-0.15, -0.1) is 0 Å². The SMILES string of the molecule is Cc1nccn1Cc1ccc(NC(=O)c2cnn(-c3ccc(Cl)cc3)c2C(F)(F)F)cc1. The molecule has 0 aliphatic heterocycles. The number of aromatic nitrogens is 4. The number of nitrogens with zero attached hydrogens (tertiary/aromatic N) is 4. The minimum absolute atomic E-state index is 0.139. The van der Waals surface area contributed by atoms with Crippen molar-refractivity contribution >= 4 is 23.2 Å². The molecule has 0 unspecified atom stereocenters. The van der Waals surface area contributed by atoms with Crippen molar-refractivity contribution in [2.75, 3.05) is 5.32 Å². The number of alkyl halides is 3. The zero-order valence-electron chi connectivity index (χ0n) is 16.8. The number of amides is 1. The molecular weight excluding hydrogens is 443 g/mol. The van der Waals surface area contributed by atoms with Crippen LogP contribution >= 0.6 is 11.6 Å². The summed E-state index contributed by atoms with van der Waals surface area (Å²) in [5, 5.41) is 6.68. The fourth-order valence-electron chi connectivity index (χ4n) is 3.22. The van der Waals surface area contributed by atoms with Gasteiger partial charge in [0.2, 0.25) is 0 Å². The van der Waals surface area contributed by atoms with E-state index in [1.54, 1.807) is 30.5 Å². The number of halogens is 4. The van der Waals surface area contributed by atoms with Crippen LogP contribution in [-0.2, 0) is 12.7 Å². The Balaban J connectivity index is 1.57. The van der Waals surface area contributed by atoms with E-state index in [2.05, 4.69) is 15.4 Å². The molecule has 0 saturated heterocycles. The van der Waals surface area contributed by atoms with Crippen molar-refractivity contribution in [2.45, 2.75) is 19.6 Å². The first-order valence-corrected chi connectivity index (χ1v) is 9.89. The van der Waals surface area contributed by atoms with Crippen molar-refractivity contribution in [3.8, 4) is 5.69 Å². The monoisotopic (exact) mass is 459 g/mol. The van der Waals surface area contributed by atoms with Crippen molar-refractivity contribution in [1.29, 1.82) is 0 Å². The van der Waals surface area contributed by atoms with E-state index in [9.17, 15) is 18.0 Å². The van der Waals surface area contributed by atoms with E-state index >= 15 is 0 Å². The second-order valence-electron chi connectivity index (χ2n) is 7.05. The molecule has 0 aliphatic rings. The molecule has 1 amide bonds. The van der Waals surface area contributed by atoms with Gasteiger partial charge in [-0.2, -0.15) is 18.3 Å². The van der Waals surface area contributed by atoms with Crippen molar-refractivity contribution < 1.29 is 18.0 Å². The van der Waals surface area contributed by atoms with Gasteiger partial charge >= 0.3 is 6.18 Å². The van der Waals surface area contributed by atoms with Gasteiger partial charge in [0.1, 0.15) is 5.82 Å². The van der Waals surface area contributed by atoms with Crippen LogP contribution in [0.15, 0.2) is 67.1 Å². The van der Waals surface area contributed by atoms with Crippen molar-refractivity contribution in [3.63, 3.8) is 0 Å². The summed E-state index contributed by atoms with van der Waals surface area (Å²) >= 11 is 5.81. The van der Waals surface area contributed by atoms with Gasteiger partial charge in [-0.1, -0.05) is 23.7 Å². The molecule has 0 spiro atoms. The number of imidazole rings is 1. The summed E-state index contributed by atoms with van der Waals surface area (Å²) in [6.45, 7) is 2.48. The van der Waals surface area contributed by atoms with Crippen LogP contribution in [0.3, 0.4) is 0 Å². The lowest BCUT2D eigenvalue weighted by Gasteiger charge is -2.13. The second kappa shape index (κ2) is 8.51. The van der Waals surface area contributed by atoms with Crippen LogP contribution in [0.1, 0.15) is 27.4 Å². The fourth-order valence-corrected chi connectivity index (χ4v) is 3.35. The third-order valence-corrected chi connectivity index (χ3v) is 5.09. The second-order valence-corrected chi connectivity index (χ2v) is 7.48. The van der Waals surface area contributed by atoms with E-state index in [-0.39, 0.29) is 5.69 Å². The van der Waals surface area contributed by atoms with Gasteiger partial charge < -0.3 is 9.88 Å². The molecule has 2 heterocycles. The summed E-state index contributed by atoms with van der Waals surface area (Å²) in [7, 11) is 0. The first kappa shape index (κ1) is 21.6. The van der Waals surface area contributed by atoms with E-state index in [4.69, 9.17) is 11.6 Å². The fraction of sp³-hybridized carbons (Fsp3) is 0.136. The van der Waals surface area contributed by atoms with Crippen LogP contribution in [0.4, 0.5) is 18.9 Å². The van der Waals surface area contributed by atoms with Gasteiger partial charge in [0.05, 0.1) is 17.4 Å². The van der Waals surface area contributed by atoms with E-state index in [1.807, 2.05) is 17.7 Å². The predicted molar refractivity (Wildman–Crippen MR) is 114 cm³/mol. The van der Waals surface area contributed by atoms with Crippen molar-refractivity contribution in [1.82, 2.24) is 19.3 Å². The Kier molecular flexibility index (Phi) is 5.75. The highest BCUT2D eigenvalue weighted by Crippen LogP contribution is 2.34. The zero-order chi connectivity index (χ0) is 22.9. The largest absolute Gasteiger partial charge is 0.434 e. The Morgan fingerprint density at radius 3 is 2.38 bits per heavy atom. The van der Waals surface area contributed by atoms with Crippen LogP contribution in [0, 0.1) is 6.92 Å². The number of hydrogen-bond donors (Lipinski definition) is 1. The summed E-state index contributed by atoms with van der Waals surface area (Å²) in [4.78, 5) is 16.8. The van der Waals surface area contributed by atoms with Gasteiger partial charge in [0.25, 0.3) is 5.91 Å². The minimum atomic E-state index is -4.80. The summed E-state index contributed by atoms with van der Waals surface area (Å²) in [5.41, 5.74) is -0.279. The highest BCUT2D eigenvalue weighted by molar-refractivity contribution is 6.30. The Morgan fingerprint density at radius 1 is 1.09 bits per heavy atom. The number of carbonyl (C=O) groups is 1. The highest BCUT2D eigenvalue weighted by Gasteiger charge is 2.40. The van der Waals surface area contributed by atoms with Crippen LogP contribution in [-0.4, -0.2) is 25.2 Å². The van der Waals surface area contributed by atoms with Gasteiger partial charge in [-0.25, -0.2) is 9.67 Å². The van der Waals surface area contributed by atoms with Crippen molar-refractivity contribution in [3.05, 3.63) is 94.8 Å². The average Bonchev–Trinajstić information content (AvgIpc) is 3.37. The maximum absolute atomic E-state index is 13.8. The molecule has 4 rings (SSSR count). The molecule has 0 atom stereocenters. The topological polar surface area (TPSA) is 64.7 Å². The molecule has 2 aromatic heterocycles. The Labute approximate surface area is 186 Å². The van der Waals surface area contributed by atoms with Crippen LogP contribution in [0.2, 0.25) is 5.02 Å². The summed E-state index contributed by atoms with van der Waals surface area (Å²) in [5.74, 6) is -0.0458. The van der Waals surface area contributed by atoms with Gasteiger partial charge in [-0.3, -0.25) is 4.79 Å². The Bertz CT molecular complexity index is 1240. The first-order valence-electron chi connectivity index (χ1n) is 9.51. The number of carbonyl (C=O) groups excluding carboxylic acids is 1. The number of rotatable bonds is 5.